The number of nitrogens with zero attached hydrogens (tertiary/aromatic N) is 4. The maximum absolute atomic E-state index is 12.2. The minimum absolute atomic E-state index is 0.0436. The Labute approximate surface area is 206 Å². The van der Waals surface area contributed by atoms with E-state index in [1.807, 2.05) is 64.1 Å². The predicted molar refractivity (Wildman–Crippen MR) is 136 cm³/mol. The van der Waals surface area contributed by atoms with E-state index in [1.54, 1.807) is 12.1 Å². The van der Waals surface area contributed by atoms with E-state index in [2.05, 4.69) is 9.97 Å². The number of aromatic nitrogens is 2. The van der Waals surface area contributed by atoms with Gasteiger partial charge in [0.1, 0.15) is 0 Å². The zero-order valence-electron chi connectivity index (χ0n) is 19.6. The number of pyridine rings is 2. The maximum atomic E-state index is 12.2. The summed E-state index contributed by atoms with van der Waals surface area (Å²) in [5, 5.41) is 24.5. The Bertz CT molecular complexity index is 1380. The molecular weight excluding hydrogens is 464 g/mol. The van der Waals surface area contributed by atoms with Gasteiger partial charge in [0.05, 0.1) is 21.0 Å². The van der Waals surface area contributed by atoms with Crippen LogP contribution >= 0.6 is 11.8 Å². The molecule has 0 amide bonds. The van der Waals surface area contributed by atoms with Gasteiger partial charge in [-0.15, -0.1) is 0 Å². The minimum Gasteiger partial charge on any atom is -0.258 e. The highest BCUT2D eigenvalue weighted by molar-refractivity contribution is 7.99. The van der Waals surface area contributed by atoms with Crippen molar-refractivity contribution in [1.82, 2.24) is 9.97 Å². The van der Waals surface area contributed by atoms with Crippen molar-refractivity contribution in [2.75, 3.05) is 0 Å². The molecule has 35 heavy (non-hydrogen) atoms. The van der Waals surface area contributed by atoms with Gasteiger partial charge in [0.15, 0.2) is 10.1 Å². The van der Waals surface area contributed by atoms with Crippen LogP contribution in [0.25, 0.3) is 22.3 Å². The Morgan fingerprint density at radius 2 is 1.03 bits per heavy atom. The second-order valence-electron chi connectivity index (χ2n) is 8.14. The monoisotopic (exact) mass is 486 g/mol. The van der Waals surface area contributed by atoms with Crippen LogP contribution in [-0.2, 0) is 0 Å². The number of nitro groups is 2. The summed E-state index contributed by atoms with van der Waals surface area (Å²) in [6.45, 7) is 7.69. The molecule has 0 N–H and O–H groups in total. The van der Waals surface area contributed by atoms with Crippen molar-refractivity contribution in [3.63, 3.8) is 0 Å². The molecule has 0 aliphatic carbocycles. The topological polar surface area (TPSA) is 112 Å². The summed E-state index contributed by atoms with van der Waals surface area (Å²) in [6, 6.07) is 14.4. The summed E-state index contributed by atoms with van der Waals surface area (Å²) < 4.78 is 0. The summed E-state index contributed by atoms with van der Waals surface area (Å²) in [5.41, 5.74) is 5.66. The Balaban J connectivity index is 1.90. The first-order valence-corrected chi connectivity index (χ1v) is 11.6. The van der Waals surface area contributed by atoms with Crippen LogP contribution in [0.4, 0.5) is 11.4 Å². The van der Waals surface area contributed by atoms with Crippen LogP contribution in [0.5, 0.6) is 0 Å². The molecule has 0 radical (unpaired) electrons. The van der Waals surface area contributed by atoms with Gasteiger partial charge >= 0.3 is 11.4 Å². The van der Waals surface area contributed by atoms with Gasteiger partial charge in [0.25, 0.3) is 0 Å². The first kappa shape index (κ1) is 24.0. The number of hydrogen-bond donors (Lipinski definition) is 0. The average molecular weight is 487 g/mol. The van der Waals surface area contributed by atoms with E-state index in [4.69, 9.17) is 0 Å². The van der Waals surface area contributed by atoms with E-state index in [9.17, 15) is 20.2 Å². The van der Waals surface area contributed by atoms with Crippen LogP contribution in [0.3, 0.4) is 0 Å². The predicted octanol–water partition coefficient (Wildman–Crippen LogP) is 7.01. The van der Waals surface area contributed by atoms with Crippen LogP contribution in [-0.4, -0.2) is 19.8 Å². The molecule has 0 fully saturated rings. The smallest absolute Gasteiger partial charge is 0.258 e. The second-order valence-corrected chi connectivity index (χ2v) is 9.11. The molecule has 0 saturated carbocycles. The van der Waals surface area contributed by atoms with Crippen LogP contribution in [0, 0.1) is 47.9 Å². The third-order valence-electron chi connectivity index (χ3n) is 6.13. The quantitative estimate of drug-likeness (QED) is 0.213. The molecule has 0 aliphatic rings. The number of rotatable bonds is 6. The molecule has 0 aliphatic heterocycles. The molecule has 176 valence electrons. The van der Waals surface area contributed by atoms with E-state index >= 15 is 0 Å². The number of aryl methyl sites for hydroxylation is 2. The Kier molecular flexibility index (Phi) is 6.61. The molecule has 0 atom stereocenters. The van der Waals surface area contributed by atoms with Gasteiger partial charge in [-0.05, 0) is 85.0 Å². The van der Waals surface area contributed by atoms with Crippen LogP contribution in [0.15, 0.2) is 71.0 Å². The third kappa shape index (κ3) is 4.50. The van der Waals surface area contributed by atoms with Crippen molar-refractivity contribution in [3.05, 3.63) is 103 Å². The lowest BCUT2D eigenvalue weighted by atomic mass is 9.97. The molecule has 4 rings (SSSR count). The third-order valence-corrected chi connectivity index (χ3v) is 7.11. The van der Waals surface area contributed by atoms with Crippen molar-refractivity contribution >= 4 is 23.1 Å². The molecule has 2 aromatic heterocycles. The normalized spacial score (nSPS) is 10.9. The Morgan fingerprint density at radius 1 is 0.629 bits per heavy atom. The lowest BCUT2D eigenvalue weighted by Gasteiger charge is -2.12. The lowest BCUT2D eigenvalue weighted by molar-refractivity contribution is -0.388. The summed E-state index contributed by atoms with van der Waals surface area (Å²) in [7, 11) is 0. The summed E-state index contributed by atoms with van der Waals surface area (Å²) in [5.74, 6) is 0. The molecule has 0 spiro atoms. The molecule has 8 nitrogen and oxygen atoms in total. The Morgan fingerprint density at radius 3 is 1.40 bits per heavy atom. The fourth-order valence-corrected chi connectivity index (χ4v) is 4.96. The van der Waals surface area contributed by atoms with Crippen molar-refractivity contribution in [1.29, 1.82) is 0 Å². The highest BCUT2D eigenvalue weighted by Gasteiger charge is 2.29. The average Bonchev–Trinajstić information content (AvgIpc) is 2.82. The van der Waals surface area contributed by atoms with Crippen LogP contribution in [0.1, 0.15) is 22.3 Å². The van der Waals surface area contributed by atoms with Gasteiger partial charge in [0.2, 0.25) is 0 Å². The van der Waals surface area contributed by atoms with Crippen molar-refractivity contribution in [2.24, 2.45) is 0 Å². The molecular formula is C26H22N4O4S. The van der Waals surface area contributed by atoms with Crippen LogP contribution in [0.2, 0.25) is 0 Å². The first-order chi connectivity index (χ1) is 16.7. The molecule has 2 heterocycles. The Hall–Kier alpha value is -4.11. The van der Waals surface area contributed by atoms with Gasteiger partial charge < -0.3 is 0 Å². The number of hydrogen-bond acceptors (Lipinski definition) is 7. The van der Waals surface area contributed by atoms with Crippen LogP contribution < -0.4 is 0 Å². The summed E-state index contributed by atoms with van der Waals surface area (Å²) in [6.07, 6.45) is 2.96. The SMILES string of the molecule is Cc1cccc(-c2ccnc(Sc3nccc(-c4cccc(C)c4C)c3[N+](=O)[O-])c2[N+](=O)[O-])c1C. The summed E-state index contributed by atoms with van der Waals surface area (Å²) in [4.78, 5) is 31.8. The van der Waals surface area contributed by atoms with E-state index in [1.165, 1.54) is 12.4 Å². The zero-order valence-corrected chi connectivity index (χ0v) is 20.4. The summed E-state index contributed by atoms with van der Waals surface area (Å²) >= 11 is 0.830. The standard InChI is InChI=1S/C26H22N4O4S/c1-15-7-5-9-19(17(15)3)21-11-13-27-25(23(21)29(31)32)35-26-24(30(33)34)22(12-14-28-26)20-10-6-8-16(2)18(20)4/h5-14H,1-4H3. The lowest BCUT2D eigenvalue weighted by Crippen LogP contribution is -2.01. The van der Waals surface area contributed by atoms with E-state index in [-0.39, 0.29) is 21.4 Å². The van der Waals surface area contributed by atoms with E-state index < -0.39 is 9.85 Å². The van der Waals surface area contributed by atoms with Crippen molar-refractivity contribution in [2.45, 2.75) is 37.7 Å². The molecule has 9 heteroatoms. The van der Waals surface area contributed by atoms with Crippen molar-refractivity contribution < 1.29 is 9.85 Å². The van der Waals surface area contributed by atoms with Crippen molar-refractivity contribution in [3.8, 4) is 22.3 Å². The fourth-order valence-electron chi connectivity index (χ4n) is 3.98. The largest absolute Gasteiger partial charge is 0.309 e. The molecule has 0 bridgehead atoms. The van der Waals surface area contributed by atoms with E-state index in [0.29, 0.717) is 22.3 Å². The van der Waals surface area contributed by atoms with Gasteiger partial charge in [-0.3, -0.25) is 20.2 Å². The van der Waals surface area contributed by atoms with Gasteiger partial charge in [-0.2, -0.15) is 0 Å². The fraction of sp³-hybridized carbons (Fsp3) is 0.154. The molecule has 4 aromatic rings. The minimum atomic E-state index is -0.493. The highest BCUT2D eigenvalue weighted by atomic mass is 32.2. The zero-order chi connectivity index (χ0) is 25.3. The first-order valence-electron chi connectivity index (χ1n) is 10.8. The van der Waals surface area contributed by atoms with Gasteiger partial charge in [-0.25, -0.2) is 9.97 Å². The maximum Gasteiger partial charge on any atom is 0.309 e. The highest BCUT2D eigenvalue weighted by Crippen LogP contribution is 2.45. The molecule has 0 saturated heterocycles. The van der Waals surface area contributed by atoms with Gasteiger partial charge in [0, 0.05) is 12.4 Å². The molecule has 2 aromatic carbocycles. The number of benzene rings is 2. The van der Waals surface area contributed by atoms with E-state index in [0.717, 1.165) is 34.0 Å². The molecule has 0 unspecified atom stereocenters. The second kappa shape index (κ2) is 9.63. The van der Waals surface area contributed by atoms with Gasteiger partial charge in [-0.1, -0.05) is 36.4 Å².